The van der Waals surface area contributed by atoms with E-state index in [4.69, 9.17) is 4.98 Å². The summed E-state index contributed by atoms with van der Waals surface area (Å²) in [6.45, 7) is 4.15. The van der Waals surface area contributed by atoms with Gasteiger partial charge in [0.1, 0.15) is 0 Å². The quantitative estimate of drug-likeness (QED) is 0.681. The van der Waals surface area contributed by atoms with Crippen LogP contribution < -0.4 is 14.7 Å². The van der Waals surface area contributed by atoms with Crippen LogP contribution in [0.1, 0.15) is 11.1 Å². The average molecular weight is 362 g/mol. The Bertz CT molecular complexity index is 833. The first-order valence-electron chi connectivity index (χ1n) is 8.89. The van der Waals surface area contributed by atoms with Crippen LogP contribution >= 0.6 is 0 Å². The summed E-state index contributed by atoms with van der Waals surface area (Å²) in [5, 5.41) is 0. The van der Waals surface area contributed by atoms with Gasteiger partial charge in [-0.15, -0.1) is 0 Å². The van der Waals surface area contributed by atoms with Gasteiger partial charge in [0.05, 0.1) is 0 Å². The van der Waals surface area contributed by atoms with Crippen LogP contribution in [0.25, 0.3) is 0 Å². The van der Waals surface area contributed by atoms with Crippen molar-refractivity contribution < 1.29 is 0 Å². The van der Waals surface area contributed by atoms with Crippen LogP contribution in [0, 0.1) is 13.8 Å². The second-order valence-corrected chi connectivity index (χ2v) is 6.92. The summed E-state index contributed by atoms with van der Waals surface area (Å²) in [6, 6.07) is 16.6. The van der Waals surface area contributed by atoms with Crippen molar-refractivity contribution in [3.63, 3.8) is 0 Å². The molecule has 6 heteroatoms. The standard InChI is InChI=1S/C21H26N6/c1-15-7-11-17(12-8-15)26(5)20-22-19(25(3)4)23-21(24-20)27(6)18-13-9-16(2)10-14-18/h7-14H,1-6H3. The van der Waals surface area contributed by atoms with E-state index in [0.717, 1.165) is 11.4 Å². The highest BCUT2D eigenvalue weighted by Crippen LogP contribution is 2.26. The first kappa shape index (κ1) is 18.6. The maximum absolute atomic E-state index is 4.72. The zero-order valence-corrected chi connectivity index (χ0v) is 16.8. The van der Waals surface area contributed by atoms with Crippen molar-refractivity contribution in [2.24, 2.45) is 0 Å². The van der Waals surface area contributed by atoms with Gasteiger partial charge >= 0.3 is 0 Å². The molecule has 2 aromatic carbocycles. The van der Waals surface area contributed by atoms with Crippen LogP contribution in [0.15, 0.2) is 48.5 Å². The molecule has 1 heterocycles. The van der Waals surface area contributed by atoms with Crippen LogP contribution in [0.4, 0.5) is 29.2 Å². The molecule has 6 nitrogen and oxygen atoms in total. The summed E-state index contributed by atoms with van der Waals surface area (Å²) in [6.07, 6.45) is 0. The Morgan fingerprint density at radius 2 is 0.852 bits per heavy atom. The highest BCUT2D eigenvalue weighted by molar-refractivity contribution is 5.62. The predicted molar refractivity (Wildman–Crippen MR) is 113 cm³/mol. The number of rotatable bonds is 5. The molecule has 1 aromatic heterocycles. The first-order valence-corrected chi connectivity index (χ1v) is 8.89. The number of benzene rings is 2. The number of hydrogen-bond acceptors (Lipinski definition) is 6. The predicted octanol–water partition coefficient (Wildman–Crippen LogP) is 4.09. The third kappa shape index (κ3) is 4.16. The third-order valence-corrected chi connectivity index (χ3v) is 4.44. The van der Waals surface area contributed by atoms with Crippen molar-refractivity contribution >= 4 is 29.2 Å². The second kappa shape index (κ2) is 7.61. The van der Waals surface area contributed by atoms with Crippen LogP contribution in [-0.4, -0.2) is 43.1 Å². The van der Waals surface area contributed by atoms with Gasteiger partial charge in [0, 0.05) is 39.6 Å². The SMILES string of the molecule is Cc1ccc(N(C)c2nc(N(C)C)nc(N(C)c3ccc(C)cc3)n2)cc1. The Morgan fingerprint density at radius 3 is 1.19 bits per heavy atom. The molecule has 0 saturated heterocycles. The molecule has 0 atom stereocenters. The molecule has 0 aliphatic carbocycles. The van der Waals surface area contributed by atoms with Gasteiger partial charge in [-0.3, -0.25) is 0 Å². The van der Waals surface area contributed by atoms with E-state index in [9.17, 15) is 0 Å². The largest absolute Gasteiger partial charge is 0.347 e. The highest BCUT2D eigenvalue weighted by Gasteiger charge is 2.16. The third-order valence-electron chi connectivity index (χ3n) is 4.44. The molecule has 27 heavy (non-hydrogen) atoms. The van der Waals surface area contributed by atoms with E-state index in [-0.39, 0.29) is 0 Å². The zero-order chi connectivity index (χ0) is 19.6. The maximum atomic E-state index is 4.72. The molecular formula is C21H26N6. The van der Waals surface area contributed by atoms with Crippen molar-refractivity contribution in [2.75, 3.05) is 42.9 Å². The van der Waals surface area contributed by atoms with Crippen molar-refractivity contribution in [3.8, 4) is 0 Å². The summed E-state index contributed by atoms with van der Waals surface area (Å²) < 4.78 is 0. The first-order chi connectivity index (χ1) is 12.8. The molecule has 0 saturated carbocycles. The van der Waals surface area contributed by atoms with E-state index in [1.807, 2.05) is 42.9 Å². The molecule has 0 unspecified atom stereocenters. The molecule has 0 fully saturated rings. The van der Waals surface area contributed by atoms with Crippen LogP contribution in [0.2, 0.25) is 0 Å². The molecule has 3 rings (SSSR count). The van der Waals surface area contributed by atoms with E-state index < -0.39 is 0 Å². The molecule has 0 spiro atoms. The van der Waals surface area contributed by atoms with Crippen molar-refractivity contribution in [3.05, 3.63) is 59.7 Å². The van der Waals surface area contributed by atoms with Crippen molar-refractivity contribution in [1.29, 1.82) is 0 Å². The summed E-state index contributed by atoms with van der Waals surface area (Å²) in [5.74, 6) is 1.82. The summed E-state index contributed by atoms with van der Waals surface area (Å²) in [7, 11) is 7.80. The minimum atomic E-state index is 0.603. The van der Waals surface area contributed by atoms with Gasteiger partial charge in [-0.1, -0.05) is 35.4 Å². The number of nitrogens with zero attached hydrogens (tertiary/aromatic N) is 6. The molecule has 140 valence electrons. The van der Waals surface area contributed by atoms with Gasteiger partial charge in [-0.25, -0.2) is 0 Å². The molecule has 0 N–H and O–H groups in total. The Labute approximate surface area is 161 Å². The van der Waals surface area contributed by atoms with Crippen molar-refractivity contribution in [1.82, 2.24) is 15.0 Å². The van der Waals surface area contributed by atoms with E-state index in [1.165, 1.54) is 11.1 Å². The van der Waals surface area contributed by atoms with Gasteiger partial charge in [-0.05, 0) is 38.1 Å². The van der Waals surface area contributed by atoms with Crippen molar-refractivity contribution in [2.45, 2.75) is 13.8 Å². The lowest BCUT2D eigenvalue weighted by atomic mass is 10.2. The smallest absolute Gasteiger partial charge is 0.236 e. The Hall–Kier alpha value is -3.15. The van der Waals surface area contributed by atoms with E-state index in [2.05, 4.69) is 72.3 Å². The van der Waals surface area contributed by atoms with Gasteiger partial charge in [0.15, 0.2) is 0 Å². The highest BCUT2D eigenvalue weighted by atomic mass is 15.4. The second-order valence-electron chi connectivity index (χ2n) is 6.92. The van der Waals surface area contributed by atoms with E-state index in [1.54, 1.807) is 0 Å². The fraction of sp³-hybridized carbons (Fsp3) is 0.286. The van der Waals surface area contributed by atoms with Gasteiger partial charge in [-0.2, -0.15) is 15.0 Å². The van der Waals surface area contributed by atoms with Gasteiger partial charge in [0.2, 0.25) is 17.8 Å². The fourth-order valence-electron chi connectivity index (χ4n) is 2.61. The molecule has 3 aromatic rings. The lowest BCUT2D eigenvalue weighted by Crippen LogP contribution is -2.22. The average Bonchev–Trinajstić information content (AvgIpc) is 2.67. The maximum Gasteiger partial charge on any atom is 0.236 e. The number of aryl methyl sites for hydroxylation is 2. The van der Waals surface area contributed by atoms with Gasteiger partial charge < -0.3 is 14.7 Å². The lowest BCUT2D eigenvalue weighted by molar-refractivity contribution is 0.910. The van der Waals surface area contributed by atoms with Crippen LogP contribution in [-0.2, 0) is 0 Å². The van der Waals surface area contributed by atoms with E-state index >= 15 is 0 Å². The van der Waals surface area contributed by atoms with Crippen LogP contribution in [0.3, 0.4) is 0 Å². The molecular weight excluding hydrogens is 336 g/mol. The fourth-order valence-corrected chi connectivity index (χ4v) is 2.61. The normalized spacial score (nSPS) is 10.6. The zero-order valence-electron chi connectivity index (χ0n) is 16.8. The monoisotopic (exact) mass is 362 g/mol. The Balaban J connectivity index is 2.02. The van der Waals surface area contributed by atoms with Crippen LogP contribution in [0.5, 0.6) is 0 Å². The van der Waals surface area contributed by atoms with E-state index in [0.29, 0.717) is 17.8 Å². The summed E-state index contributed by atoms with van der Waals surface area (Å²) in [4.78, 5) is 19.8. The summed E-state index contributed by atoms with van der Waals surface area (Å²) >= 11 is 0. The molecule has 0 aliphatic heterocycles. The number of aromatic nitrogens is 3. The Morgan fingerprint density at radius 1 is 0.519 bits per heavy atom. The number of anilines is 5. The Kier molecular flexibility index (Phi) is 5.26. The molecule has 0 radical (unpaired) electrons. The summed E-state index contributed by atoms with van der Waals surface area (Å²) in [5.41, 5.74) is 4.49. The molecule has 0 bridgehead atoms. The topological polar surface area (TPSA) is 48.4 Å². The minimum Gasteiger partial charge on any atom is -0.347 e. The molecule has 0 aliphatic rings. The minimum absolute atomic E-state index is 0.603. The van der Waals surface area contributed by atoms with Gasteiger partial charge in [0.25, 0.3) is 0 Å². The molecule has 0 amide bonds. The lowest BCUT2D eigenvalue weighted by Gasteiger charge is -2.23. The number of hydrogen-bond donors (Lipinski definition) is 0.